The Hall–Kier alpha value is -1.09. The number of pyridine rings is 1. The van der Waals surface area contributed by atoms with E-state index in [4.69, 9.17) is 4.98 Å². The average Bonchev–Trinajstić information content (AvgIpc) is 3.29. The zero-order valence-corrected chi connectivity index (χ0v) is 14.2. The number of aryl methyl sites for hydroxylation is 1. The van der Waals surface area contributed by atoms with Crippen molar-refractivity contribution in [1.29, 1.82) is 0 Å². The SMILES string of the molecule is CCCNCc1cc(CC)nc(N(CC(C)C)C2CC2)c1. The first kappa shape index (κ1) is 16.3. The molecule has 21 heavy (non-hydrogen) atoms. The summed E-state index contributed by atoms with van der Waals surface area (Å²) < 4.78 is 0. The molecule has 0 spiro atoms. The molecule has 0 saturated heterocycles. The zero-order chi connectivity index (χ0) is 15.2. The highest BCUT2D eigenvalue weighted by molar-refractivity contribution is 5.45. The van der Waals surface area contributed by atoms with Crippen LogP contribution >= 0.6 is 0 Å². The van der Waals surface area contributed by atoms with Gasteiger partial charge in [-0.2, -0.15) is 0 Å². The molecular formula is C18H31N3. The molecule has 0 radical (unpaired) electrons. The summed E-state index contributed by atoms with van der Waals surface area (Å²) in [5.41, 5.74) is 2.59. The van der Waals surface area contributed by atoms with E-state index in [-0.39, 0.29) is 0 Å². The summed E-state index contributed by atoms with van der Waals surface area (Å²) in [4.78, 5) is 7.43. The van der Waals surface area contributed by atoms with Crippen LogP contribution in [0.5, 0.6) is 0 Å². The van der Waals surface area contributed by atoms with Crippen molar-refractivity contribution in [2.24, 2.45) is 5.92 Å². The summed E-state index contributed by atoms with van der Waals surface area (Å²) in [7, 11) is 0. The van der Waals surface area contributed by atoms with E-state index in [1.165, 1.54) is 36.3 Å². The molecule has 1 aliphatic carbocycles. The minimum Gasteiger partial charge on any atom is -0.353 e. The Labute approximate surface area is 130 Å². The monoisotopic (exact) mass is 289 g/mol. The second-order valence-electron chi connectivity index (χ2n) is 6.63. The van der Waals surface area contributed by atoms with Gasteiger partial charge in [-0.05, 0) is 55.8 Å². The lowest BCUT2D eigenvalue weighted by atomic mass is 10.1. The largest absolute Gasteiger partial charge is 0.353 e. The van der Waals surface area contributed by atoms with Crippen molar-refractivity contribution in [3.8, 4) is 0 Å². The molecule has 1 aromatic rings. The first-order valence-corrected chi connectivity index (χ1v) is 8.61. The molecule has 0 bridgehead atoms. The lowest BCUT2D eigenvalue weighted by molar-refractivity contribution is 0.601. The number of hydrogen-bond donors (Lipinski definition) is 1. The van der Waals surface area contributed by atoms with Gasteiger partial charge in [-0.1, -0.05) is 27.7 Å². The number of aromatic nitrogens is 1. The fourth-order valence-corrected chi connectivity index (χ4v) is 2.68. The Morgan fingerprint density at radius 1 is 1.29 bits per heavy atom. The van der Waals surface area contributed by atoms with Gasteiger partial charge in [-0.15, -0.1) is 0 Å². The summed E-state index contributed by atoms with van der Waals surface area (Å²) in [6, 6.07) is 5.28. The Bertz CT molecular complexity index is 438. The maximum absolute atomic E-state index is 4.89. The van der Waals surface area contributed by atoms with E-state index in [9.17, 15) is 0 Å². The van der Waals surface area contributed by atoms with Crippen molar-refractivity contribution < 1.29 is 0 Å². The highest BCUT2D eigenvalue weighted by Crippen LogP contribution is 2.32. The zero-order valence-electron chi connectivity index (χ0n) is 14.2. The third-order valence-electron chi connectivity index (χ3n) is 3.89. The smallest absolute Gasteiger partial charge is 0.129 e. The molecule has 118 valence electrons. The summed E-state index contributed by atoms with van der Waals surface area (Å²) >= 11 is 0. The molecule has 3 heteroatoms. The van der Waals surface area contributed by atoms with Crippen LogP contribution in [0.25, 0.3) is 0 Å². The fourth-order valence-electron chi connectivity index (χ4n) is 2.68. The van der Waals surface area contributed by atoms with E-state index in [0.29, 0.717) is 5.92 Å². The van der Waals surface area contributed by atoms with E-state index < -0.39 is 0 Å². The molecule has 1 saturated carbocycles. The maximum Gasteiger partial charge on any atom is 0.129 e. The van der Waals surface area contributed by atoms with Crippen molar-refractivity contribution in [3.63, 3.8) is 0 Å². The predicted molar refractivity (Wildman–Crippen MR) is 90.8 cm³/mol. The number of nitrogens with one attached hydrogen (secondary N) is 1. The van der Waals surface area contributed by atoms with Gasteiger partial charge >= 0.3 is 0 Å². The molecule has 1 fully saturated rings. The van der Waals surface area contributed by atoms with Crippen molar-refractivity contribution in [2.75, 3.05) is 18.0 Å². The maximum atomic E-state index is 4.89. The van der Waals surface area contributed by atoms with Crippen molar-refractivity contribution in [1.82, 2.24) is 10.3 Å². The van der Waals surface area contributed by atoms with Gasteiger partial charge in [0.1, 0.15) is 5.82 Å². The molecule has 0 amide bonds. The van der Waals surface area contributed by atoms with Gasteiger partial charge in [0, 0.05) is 24.8 Å². The van der Waals surface area contributed by atoms with Crippen LogP contribution in [0.15, 0.2) is 12.1 Å². The average molecular weight is 289 g/mol. The first-order valence-electron chi connectivity index (χ1n) is 8.61. The van der Waals surface area contributed by atoms with Gasteiger partial charge in [0.2, 0.25) is 0 Å². The van der Waals surface area contributed by atoms with Crippen LogP contribution in [0, 0.1) is 5.92 Å². The van der Waals surface area contributed by atoms with Crippen molar-refractivity contribution >= 4 is 5.82 Å². The topological polar surface area (TPSA) is 28.2 Å². The second-order valence-corrected chi connectivity index (χ2v) is 6.63. The molecule has 0 aliphatic heterocycles. The van der Waals surface area contributed by atoms with Gasteiger partial charge in [0.05, 0.1) is 0 Å². The van der Waals surface area contributed by atoms with E-state index in [1.54, 1.807) is 0 Å². The molecule has 1 aromatic heterocycles. The normalized spacial score (nSPS) is 14.7. The molecule has 1 aliphatic rings. The van der Waals surface area contributed by atoms with Crippen LogP contribution in [-0.2, 0) is 13.0 Å². The number of rotatable bonds is 9. The third kappa shape index (κ3) is 4.99. The van der Waals surface area contributed by atoms with E-state index >= 15 is 0 Å². The summed E-state index contributed by atoms with van der Waals surface area (Å²) in [6.07, 6.45) is 4.84. The molecule has 0 atom stereocenters. The molecular weight excluding hydrogens is 258 g/mol. The van der Waals surface area contributed by atoms with Crippen LogP contribution in [0.4, 0.5) is 5.82 Å². The summed E-state index contributed by atoms with van der Waals surface area (Å²) in [5.74, 6) is 1.87. The molecule has 2 rings (SSSR count). The Morgan fingerprint density at radius 2 is 2.05 bits per heavy atom. The van der Waals surface area contributed by atoms with Crippen LogP contribution in [-0.4, -0.2) is 24.1 Å². The van der Waals surface area contributed by atoms with E-state index in [2.05, 4.69) is 50.0 Å². The van der Waals surface area contributed by atoms with Crippen molar-refractivity contribution in [3.05, 3.63) is 23.4 Å². The quantitative estimate of drug-likeness (QED) is 0.701. The van der Waals surface area contributed by atoms with Gasteiger partial charge in [0.25, 0.3) is 0 Å². The Morgan fingerprint density at radius 3 is 2.62 bits per heavy atom. The lowest BCUT2D eigenvalue weighted by Gasteiger charge is -2.26. The molecule has 1 N–H and O–H groups in total. The predicted octanol–water partition coefficient (Wildman–Crippen LogP) is 3.77. The standard InChI is InChI=1S/C18H31N3/c1-5-9-19-12-15-10-16(6-2)20-18(11-15)21(13-14(3)4)17-7-8-17/h10-11,14,17,19H,5-9,12-13H2,1-4H3. The van der Waals surface area contributed by atoms with Gasteiger partial charge < -0.3 is 10.2 Å². The fraction of sp³-hybridized carbons (Fsp3) is 0.722. The molecule has 3 nitrogen and oxygen atoms in total. The Balaban J connectivity index is 2.17. The van der Waals surface area contributed by atoms with Gasteiger partial charge in [-0.25, -0.2) is 4.98 Å². The second kappa shape index (κ2) is 7.79. The molecule has 0 aromatic carbocycles. The minimum atomic E-state index is 0.680. The Kier molecular flexibility index (Phi) is 6.04. The number of nitrogens with zero attached hydrogens (tertiary/aromatic N) is 2. The van der Waals surface area contributed by atoms with Crippen molar-refractivity contribution in [2.45, 2.75) is 66.0 Å². The first-order chi connectivity index (χ1) is 10.1. The highest BCUT2D eigenvalue weighted by atomic mass is 15.2. The lowest BCUT2D eigenvalue weighted by Crippen LogP contribution is -2.31. The van der Waals surface area contributed by atoms with Gasteiger partial charge in [-0.3, -0.25) is 0 Å². The molecule has 1 heterocycles. The van der Waals surface area contributed by atoms with Crippen LogP contribution in [0.3, 0.4) is 0 Å². The van der Waals surface area contributed by atoms with Crippen LogP contribution in [0.1, 0.15) is 58.2 Å². The van der Waals surface area contributed by atoms with E-state index in [1.807, 2.05) is 0 Å². The summed E-state index contributed by atoms with van der Waals surface area (Å²) in [6.45, 7) is 12.1. The van der Waals surface area contributed by atoms with E-state index in [0.717, 1.165) is 32.1 Å². The molecule has 0 unspecified atom stereocenters. The number of hydrogen-bond acceptors (Lipinski definition) is 3. The highest BCUT2D eigenvalue weighted by Gasteiger charge is 2.30. The number of anilines is 1. The third-order valence-corrected chi connectivity index (χ3v) is 3.89. The minimum absolute atomic E-state index is 0.680. The summed E-state index contributed by atoms with van der Waals surface area (Å²) in [5, 5.41) is 3.51. The van der Waals surface area contributed by atoms with Crippen LogP contribution < -0.4 is 10.2 Å². The van der Waals surface area contributed by atoms with Gasteiger partial charge in [0.15, 0.2) is 0 Å². The van der Waals surface area contributed by atoms with Crippen LogP contribution in [0.2, 0.25) is 0 Å².